The summed E-state index contributed by atoms with van der Waals surface area (Å²) in [4.78, 5) is 0. The van der Waals surface area contributed by atoms with Gasteiger partial charge in [-0.2, -0.15) is 11.8 Å². The van der Waals surface area contributed by atoms with E-state index in [9.17, 15) is 0 Å². The van der Waals surface area contributed by atoms with Crippen molar-refractivity contribution in [3.63, 3.8) is 0 Å². The fourth-order valence-electron chi connectivity index (χ4n) is 2.59. The molecule has 0 bridgehead atoms. The van der Waals surface area contributed by atoms with E-state index >= 15 is 0 Å². The number of hydrogen-bond donors (Lipinski definition) is 2. The predicted molar refractivity (Wildman–Crippen MR) is 69.0 cm³/mol. The molecule has 0 atom stereocenters. The van der Waals surface area contributed by atoms with Crippen LogP contribution in [0, 0.1) is 11.3 Å². The molecule has 0 unspecified atom stereocenters. The molecule has 0 spiro atoms. The van der Waals surface area contributed by atoms with E-state index in [1.807, 2.05) is 0 Å². The zero-order valence-corrected chi connectivity index (χ0v) is 10.6. The normalized spacial score (nSPS) is 24.9. The van der Waals surface area contributed by atoms with Crippen molar-refractivity contribution < 1.29 is 5.21 Å². The summed E-state index contributed by atoms with van der Waals surface area (Å²) in [5, 5.41) is 11.7. The molecule has 0 saturated heterocycles. The van der Waals surface area contributed by atoms with Crippen LogP contribution >= 0.6 is 11.8 Å². The zero-order valence-electron chi connectivity index (χ0n) is 9.82. The summed E-state index contributed by atoms with van der Waals surface area (Å²) in [7, 11) is 0. The van der Waals surface area contributed by atoms with Gasteiger partial charge in [0.15, 0.2) is 0 Å². The molecule has 2 aliphatic rings. The molecule has 92 valence electrons. The van der Waals surface area contributed by atoms with Gasteiger partial charge in [0.1, 0.15) is 5.84 Å². The van der Waals surface area contributed by atoms with Gasteiger partial charge in [-0.15, -0.1) is 0 Å². The Balaban J connectivity index is 1.65. The standard InChI is InChI=1S/C12H22N2OS/c13-11(14-15)7-12(5-6-12)9-16-8-10-3-1-2-4-10/h10,15H,1-9H2,(H2,13,14). The maximum absolute atomic E-state index is 8.58. The maximum atomic E-state index is 8.58. The van der Waals surface area contributed by atoms with Crippen molar-refractivity contribution >= 4 is 17.6 Å². The number of thioether (sulfide) groups is 1. The first-order valence-electron chi connectivity index (χ1n) is 6.28. The van der Waals surface area contributed by atoms with E-state index in [-0.39, 0.29) is 0 Å². The first-order valence-corrected chi connectivity index (χ1v) is 7.44. The van der Waals surface area contributed by atoms with Crippen LogP contribution in [0.5, 0.6) is 0 Å². The first kappa shape index (κ1) is 12.1. The molecule has 0 heterocycles. The van der Waals surface area contributed by atoms with Gasteiger partial charge in [0.05, 0.1) is 0 Å². The topological polar surface area (TPSA) is 58.6 Å². The van der Waals surface area contributed by atoms with Crippen LogP contribution in [0.15, 0.2) is 5.16 Å². The highest BCUT2D eigenvalue weighted by atomic mass is 32.2. The van der Waals surface area contributed by atoms with Crippen LogP contribution in [-0.4, -0.2) is 22.5 Å². The zero-order chi connectivity index (χ0) is 11.4. The maximum Gasteiger partial charge on any atom is 0.139 e. The number of nitrogens with zero attached hydrogens (tertiary/aromatic N) is 1. The lowest BCUT2D eigenvalue weighted by Gasteiger charge is -2.15. The molecule has 0 aromatic heterocycles. The Morgan fingerprint density at radius 2 is 2.06 bits per heavy atom. The van der Waals surface area contributed by atoms with Crippen molar-refractivity contribution in [2.24, 2.45) is 22.2 Å². The fraction of sp³-hybridized carbons (Fsp3) is 0.917. The third kappa shape index (κ3) is 3.30. The summed E-state index contributed by atoms with van der Waals surface area (Å²) < 4.78 is 0. The van der Waals surface area contributed by atoms with Crippen molar-refractivity contribution in [1.29, 1.82) is 0 Å². The third-order valence-corrected chi connectivity index (χ3v) is 5.40. The van der Waals surface area contributed by atoms with Gasteiger partial charge in [0.25, 0.3) is 0 Å². The Morgan fingerprint density at radius 1 is 1.38 bits per heavy atom. The van der Waals surface area contributed by atoms with Crippen LogP contribution in [0.2, 0.25) is 0 Å². The van der Waals surface area contributed by atoms with E-state index in [1.54, 1.807) is 0 Å². The second-order valence-corrected chi connectivity index (χ2v) is 6.46. The summed E-state index contributed by atoms with van der Waals surface area (Å²) in [5.41, 5.74) is 5.96. The Bertz CT molecular complexity index is 258. The first-order chi connectivity index (χ1) is 7.74. The molecule has 3 N–H and O–H groups in total. The molecule has 0 radical (unpaired) electrons. The lowest BCUT2D eigenvalue weighted by molar-refractivity contribution is 0.315. The minimum atomic E-state index is 0.375. The Kier molecular flexibility index (Phi) is 4.00. The van der Waals surface area contributed by atoms with E-state index in [0.29, 0.717) is 11.3 Å². The third-order valence-electron chi connectivity index (χ3n) is 3.88. The molecule has 2 rings (SSSR count). The van der Waals surface area contributed by atoms with Crippen LogP contribution in [0.1, 0.15) is 44.9 Å². The summed E-state index contributed by atoms with van der Waals surface area (Å²) in [6.45, 7) is 0. The highest BCUT2D eigenvalue weighted by molar-refractivity contribution is 7.99. The smallest absolute Gasteiger partial charge is 0.139 e. The largest absolute Gasteiger partial charge is 0.409 e. The van der Waals surface area contributed by atoms with Crippen LogP contribution in [0.4, 0.5) is 0 Å². The van der Waals surface area contributed by atoms with E-state index in [0.717, 1.165) is 12.3 Å². The Morgan fingerprint density at radius 3 is 2.62 bits per heavy atom. The second kappa shape index (κ2) is 5.30. The van der Waals surface area contributed by atoms with Crippen molar-refractivity contribution in [3.05, 3.63) is 0 Å². The summed E-state index contributed by atoms with van der Waals surface area (Å²) in [6.07, 6.45) is 9.00. The van der Waals surface area contributed by atoms with Crippen molar-refractivity contribution in [2.45, 2.75) is 44.9 Å². The quantitative estimate of drug-likeness (QED) is 0.326. The number of hydrogen-bond acceptors (Lipinski definition) is 3. The second-order valence-electron chi connectivity index (χ2n) is 5.43. The number of amidine groups is 1. The van der Waals surface area contributed by atoms with Crippen LogP contribution in [0.3, 0.4) is 0 Å². The van der Waals surface area contributed by atoms with E-state index in [1.165, 1.54) is 50.0 Å². The van der Waals surface area contributed by atoms with Crippen molar-refractivity contribution in [2.75, 3.05) is 11.5 Å². The van der Waals surface area contributed by atoms with Gasteiger partial charge in [0, 0.05) is 6.42 Å². The molecule has 0 aliphatic heterocycles. The Hall–Kier alpha value is -0.380. The molecule has 0 aromatic carbocycles. The fourth-order valence-corrected chi connectivity index (χ4v) is 4.20. The molecule has 2 fully saturated rings. The highest BCUT2D eigenvalue weighted by Gasteiger charge is 2.43. The van der Waals surface area contributed by atoms with Crippen LogP contribution < -0.4 is 5.73 Å². The monoisotopic (exact) mass is 242 g/mol. The van der Waals surface area contributed by atoms with Crippen molar-refractivity contribution in [1.82, 2.24) is 0 Å². The summed E-state index contributed by atoms with van der Waals surface area (Å²) in [6, 6.07) is 0. The minimum absolute atomic E-state index is 0.375. The van der Waals surface area contributed by atoms with Gasteiger partial charge in [-0.05, 0) is 48.5 Å². The molecule has 2 saturated carbocycles. The van der Waals surface area contributed by atoms with E-state index in [2.05, 4.69) is 16.9 Å². The molecule has 3 nitrogen and oxygen atoms in total. The highest BCUT2D eigenvalue weighted by Crippen LogP contribution is 2.51. The average molecular weight is 242 g/mol. The van der Waals surface area contributed by atoms with Gasteiger partial charge < -0.3 is 10.9 Å². The van der Waals surface area contributed by atoms with E-state index < -0.39 is 0 Å². The van der Waals surface area contributed by atoms with Gasteiger partial charge >= 0.3 is 0 Å². The summed E-state index contributed by atoms with van der Waals surface area (Å²) >= 11 is 2.08. The lowest BCUT2D eigenvalue weighted by Crippen LogP contribution is -2.19. The molecule has 0 aromatic rings. The molecular formula is C12H22N2OS. The molecule has 4 heteroatoms. The predicted octanol–water partition coefficient (Wildman–Crippen LogP) is 2.83. The average Bonchev–Trinajstić information content (AvgIpc) is 2.83. The summed E-state index contributed by atoms with van der Waals surface area (Å²) in [5.74, 6) is 3.88. The van der Waals surface area contributed by atoms with Crippen LogP contribution in [-0.2, 0) is 0 Å². The SMILES string of the molecule is NC(CC1(CSCC2CCCC2)CC1)=NO. The Labute approximate surface area is 102 Å². The lowest BCUT2D eigenvalue weighted by atomic mass is 10.1. The molecule has 16 heavy (non-hydrogen) atoms. The minimum Gasteiger partial charge on any atom is -0.409 e. The van der Waals surface area contributed by atoms with Gasteiger partial charge in [0.2, 0.25) is 0 Å². The van der Waals surface area contributed by atoms with Gasteiger partial charge in [-0.25, -0.2) is 0 Å². The number of nitrogens with two attached hydrogens (primary N) is 1. The number of rotatable bonds is 6. The van der Waals surface area contributed by atoms with Crippen molar-refractivity contribution in [3.8, 4) is 0 Å². The van der Waals surface area contributed by atoms with Crippen LogP contribution in [0.25, 0.3) is 0 Å². The van der Waals surface area contributed by atoms with Gasteiger partial charge in [-0.3, -0.25) is 0 Å². The van der Waals surface area contributed by atoms with E-state index in [4.69, 9.17) is 10.9 Å². The molecule has 2 aliphatic carbocycles. The molecule has 0 amide bonds. The number of oxime groups is 1. The molecular weight excluding hydrogens is 220 g/mol. The van der Waals surface area contributed by atoms with Gasteiger partial charge in [-0.1, -0.05) is 18.0 Å².